The van der Waals surface area contributed by atoms with Gasteiger partial charge in [0.1, 0.15) is 48.6 Å². The third-order valence-corrected chi connectivity index (χ3v) is 9.69. The van der Waals surface area contributed by atoms with Gasteiger partial charge in [0, 0.05) is 38.1 Å². The Bertz CT molecular complexity index is 1940. The SMILES string of the molecule is CC(=O)N[C@@H]1[C@H](OCc2ccccc2)O[C@H](CO)[C@H](O)[C@H]1O[C@@H](C)C(=O)N[C@@H](C)C(=O)N[C@H](CCC(=O)N[C@@H](CCCCNC(=O)/C=C/c1cccc([N+](=O)[O-])c1)C(N)=O)C(N)=O. The maximum Gasteiger partial charge on any atom is 0.270 e. The van der Waals surface area contributed by atoms with Crippen molar-refractivity contribution >= 4 is 53.1 Å². The van der Waals surface area contributed by atoms with Gasteiger partial charge in [-0.05, 0) is 56.7 Å². The number of nitrogens with two attached hydrogens (primary N) is 2. The summed E-state index contributed by atoms with van der Waals surface area (Å²) in [5.41, 5.74) is 12.1. The molecule has 2 aromatic rings. The Morgan fingerprint density at radius 1 is 0.921 bits per heavy atom. The lowest BCUT2D eigenvalue weighted by molar-refractivity contribution is -0.384. The molecule has 63 heavy (non-hydrogen) atoms. The van der Waals surface area contributed by atoms with Crippen LogP contribution in [0, 0.1) is 10.1 Å². The van der Waals surface area contributed by atoms with Crippen LogP contribution in [-0.2, 0) is 54.4 Å². The summed E-state index contributed by atoms with van der Waals surface area (Å²) in [6.45, 7) is 3.47. The standard InChI is InChI=1S/C41H56N8O14/c1-23(45-40(58)24(2)62-36-34(46-25(3)51)41(63-31(21-50)35(36)54)61-22-27-10-5-4-6-11-27)39(57)48-30(38(43)56)16-18-33(53)47-29(37(42)55)14-7-8-19-44-32(52)17-15-26-12-9-13-28(20-26)49(59)60/h4-6,9-13,15,17,20,23-24,29-31,34-36,41,50,54H,7-8,14,16,18-19,21-22H2,1-3H3,(H2,42,55)(H2,43,56)(H,44,52)(H,45,58)(H,46,51)(H,47,53)(H,48,57)/b17-15+/t23-,24-,29-,30+,31+,34-,35-,36-,41+/m0/s1. The molecule has 1 aliphatic rings. The average molecular weight is 885 g/mol. The molecule has 1 heterocycles. The van der Waals surface area contributed by atoms with Gasteiger partial charge in [0.25, 0.3) is 5.69 Å². The normalized spacial score (nSPS) is 20.3. The molecule has 1 fully saturated rings. The van der Waals surface area contributed by atoms with Gasteiger partial charge >= 0.3 is 0 Å². The first-order chi connectivity index (χ1) is 29.9. The third-order valence-electron chi connectivity index (χ3n) is 9.69. The van der Waals surface area contributed by atoms with Crippen molar-refractivity contribution in [2.45, 2.75) is 114 Å². The predicted molar refractivity (Wildman–Crippen MR) is 223 cm³/mol. The van der Waals surface area contributed by atoms with Crippen LogP contribution in [0.25, 0.3) is 6.08 Å². The second-order valence-electron chi connectivity index (χ2n) is 14.7. The summed E-state index contributed by atoms with van der Waals surface area (Å²) in [7, 11) is 0. The first-order valence-electron chi connectivity index (χ1n) is 20.1. The molecule has 2 aromatic carbocycles. The molecule has 3 rings (SSSR count). The zero-order chi connectivity index (χ0) is 46.6. The maximum atomic E-state index is 13.2. The highest BCUT2D eigenvalue weighted by atomic mass is 16.7. The van der Waals surface area contributed by atoms with E-state index in [4.69, 9.17) is 25.7 Å². The highest BCUT2D eigenvalue weighted by Gasteiger charge is 2.48. The second kappa shape index (κ2) is 25.6. The van der Waals surface area contributed by atoms with Crippen molar-refractivity contribution in [3.05, 3.63) is 81.9 Å². The van der Waals surface area contributed by atoms with Crippen molar-refractivity contribution in [2.24, 2.45) is 11.5 Å². The van der Waals surface area contributed by atoms with Crippen molar-refractivity contribution in [3.8, 4) is 0 Å². The lowest BCUT2D eigenvalue weighted by atomic mass is 9.96. The summed E-state index contributed by atoms with van der Waals surface area (Å²) in [4.78, 5) is 98.1. The van der Waals surface area contributed by atoms with E-state index < -0.39 is 108 Å². The number of nitrogens with zero attached hydrogens (tertiary/aromatic N) is 1. The van der Waals surface area contributed by atoms with E-state index in [1.54, 1.807) is 30.3 Å². The van der Waals surface area contributed by atoms with Crippen molar-refractivity contribution in [2.75, 3.05) is 13.2 Å². The minimum Gasteiger partial charge on any atom is -0.394 e. The number of hydrogen-bond donors (Lipinski definition) is 9. The van der Waals surface area contributed by atoms with E-state index in [2.05, 4.69) is 26.6 Å². The number of hydrogen-bond acceptors (Lipinski definition) is 14. The minimum absolute atomic E-state index is 0.0382. The number of carbonyl (C=O) groups is 7. The van der Waals surface area contributed by atoms with Crippen LogP contribution in [0.1, 0.15) is 64.0 Å². The van der Waals surface area contributed by atoms with E-state index in [0.29, 0.717) is 18.4 Å². The predicted octanol–water partition coefficient (Wildman–Crippen LogP) is -1.31. The Hall–Kier alpha value is -6.33. The van der Waals surface area contributed by atoms with Crippen molar-refractivity contribution in [1.82, 2.24) is 26.6 Å². The summed E-state index contributed by atoms with van der Waals surface area (Å²) >= 11 is 0. The number of rotatable bonds is 25. The van der Waals surface area contributed by atoms with Gasteiger partial charge in [0.15, 0.2) is 6.29 Å². The zero-order valence-electron chi connectivity index (χ0n) is 35.1. The number of primary amides is 2. The number of benzene rings is 2. The summed E-state index contributed by atoms with van der Waals surface area (Å²) in [5, 5.41) is 44.5. The molecule has 7 amide bonds. The van der Waals surface area contributed by atoms with Crippen molar-refractivity contribution in [1.29, 1.82) is 0 Å². The molecule has 0 bridgehead atoms. The van der Waals surface area contributed by atoms with Gasteiger partial charge in [-0.15, -0.1) is 0 Å². The molecule has 11 N–H and O–H groups in total. The van der Waals surface area contributed by atoms with Crippen LogP contribution in [0.2, 0.25) is 0 Å². The summed E-state index contributed by atoms with van der Waals surface area (Å²) in [6, 6.07) is 9.88. The lowest BCUT2D eigenvalue weighted by Crippen LogP contribution is -2.66. The number of aliphatic hydroxyl groups is 2. The molecule has 0 saturated carbocycles. The summed E-state index contributed by atoms with van der Waals surface area (Å²) in [6.07, 6.45) is -3.72. The molecule has 0 aromatic heterocycles. The van der Waals surface area contributed by atoms with Crippen LogP contribution in [0.3, 0.4) is 0 Å². The van der Waals surface area contributed by atoms with Crippen LogP contribution in [0.5, 0.6) is 0 Å². The fourth-order valence-corrected chi connectivity index (χ4v) is 6.27. The molecule has 1 aliphatic heterocycles. The first-order valence-corrected chi connectivity index (χ1v) is 20.1. The number of unbranched alkanes of at least 4 members (excludes halogenated alkanes) is 1. The number of nitro groups is 1. The summed E-state index contributed by atoms with van der Waals surface area (Å²) < 4.78 is 17.6. The number of amides is 7. The average Bonchev–Trinajstić information content (AvgIpc) is 3.24. The number of aliphatic hydroxyl groups excluding tert-OH is 2. The molecule has 0 unspecified atom stereocenters. The van der Waals surface area contributed by atoms with Crippen molar-refractivity contribution in [3.63, 3.8) is 0 Å². The van der Waals surface area contributed by atoms with Gasteiger partial charge in [-0.3, -0.25) is 43.7 Å². The van der Waals surface area contributed by atoms with E-state index >= 15 is 0 Å². The third kappa shape index (κ3) is 17.2. The molecule has 22 nitrogen and oxygen atoms in total. The monoisotopic (exact) mass is 884 g/mol. The van der Waals surface area contributed by atoms with Crippen LogP contribution < -0.4 is 38.1 Å². The lowest BCUT2D eigenvalue weighted by Gasteiger charge is -2.44. The first kappa shape index (κ1) is 51.0. The fourth-order valence-electron chi connectivity index (χ4n) is 6.27. The number of non-ortho nitro benzene ring substituents is 1. The molecular weight excluding hydrogens is 828 g/mol. The van der Waals surface area contributed by atoms with Gasteiger partial charge in [-0.1, -0.05) is 42.5 Å². The Balaban J connectivity index is 1.47. The van der Waals surface area contributed by atoms with E-state index in [1.165, 1.54) is 51.1 Å². The van der Waals surface area contributed by atoms with E-state index in [0.717, 1.165) is 5.56 Å². The van der Waals surface area contributed by atoms with Crippen LogP contribution in [0.4, 0.5) is 5.69 Å². The quantitative estimate of drug-likeness (QED) is 0.0242. The molecule has 0 aliphatic carbocycles. The van der Waals surface area contributed by atoms with Crippen LogP contribution >= 0.6 is 0 Å². The van der Waals surface area contributed by atoms with Crippen LogP contribution in [-0.4, -0.2) is 125 Å². The van der Waals surface area contributed by atoms with Gasteiger partial charge in [0.05, 0.1) is 18.1 Å². The van der Waals surface area contributed by atoms with E-state index in [1.807, 2.05) is 6.07 Å². The number of carbonyl (C=O) groups excluding carboxylic acids is 7. The number of ether oxygens (including phenoxy) is 3. The van der Waals surface area contributed by atoms with Gasteiger partial charge in [-0.2, -0.15) is 0 Å². The van der Waals surface area contributed by atoms with Crippen LogP contribution in [0.15, 0.2) is 60.7 Å². The highest BCUT2D eigenvalue weighted by Crippen LogP contribution is 2.26. The molecule has 344 valence electrons. The molecule has 9 atom stereocenters. The van der Waals surface area contributed by atoms with Gasteiger partial charge < -0.3 is 62.5 Å². The van der Waals surface area contributed by atoms with E-state index in [-0.39, 0.29) is 38.1 Å². The molecular formula is C41H56N8O14. The molecule has 22 heteroatoms. The smallest absolute Gasteiger partial charge is 0.270 e. The Labute approximate surface area is 363 Å². The topological polar surface area (TPSA) is 343 Å². The van der Waals surface area contributed by atoms with Crippen molar-refractivity contribution < 1.29 is 62.9 Å². The molecule has 0 spiro atoms. The molecule has 1 saturated heterocycles. The van der Waals surface area contributed by atoms with E-state index in [9.17, 15) is 53.9 Å². The Morgan fingerprint density at radius 3 is 2.24 bits per heavy atom. The van der Waals surface area contributed by atoms with Gasteiger partial charge in [0.2, 0.25) is 41.4 Å². The maximum absolute atomic E-state index is 13.2. The Morgan fingerprint density at radius 2 is 1.60 bits per heavy atom. The van der Waals surface area contributed by atoms with Gasteiger partial charge in [-0.25, -0.2) is 0 Å². The summed E-state index contributed by atoms with van der Waals surface area (Å²) in [5.74, 6) is -5.13. The Kier molecular flexibility index (Phi) is 20.7. The highest BCUT2D eigenvalue weighted by molar-refractivity contribution is 5.93. The number of nitro benzene ring substituents is 1. The fraction of sp³-hybridized carbons (Fsp3) is 0.488. The minimum atomic E-state index is -1.53. The molecule has 0 radical (unpaired) electrons. The largest absolute Gasteiger partial charge is 0.394 e. The second-order valence-corrected chi connectivity index (χ2v) is 14.7. The number of nitrogens with one attached hydrogen (secondary N) is 5. The zero-order valence-corrected chi connectivity index (χ0v) is 35.1.